The minimum atomic E-state index is -3.50. The summed E-state index contributed by atoms with van der Waals surface area (Å²) in [5, 5.41) is 0. The maximum Gasteiger partial charge on any atom is 0.0645 e. The Labute approximate surface area is 141 Å². The zero-order chi connectivity index (χ0) is 26.5. The van der Waals surface area contributed by atoms with Gasteiger partial charge < -0.3 is 4.90 Å². The Kier molecular flexibility index (Phi) is 0.951. The summed E-state index contributed by atoms with van der Waals surface area (Å²) in [7, 11) is 0. The van der Waals surface area contributed by atoms with E-state index in [1.807, 2.05) is 0 Å². The number of benzene rings is 2. The van der Waals surface area contributed by atoms with Crippen LogP contribution in [0.4, 0.5) is 11.4 Å². The van der Waals surface area contributed by atoms with Gasteiger partial charge in [0.05, 0.1) is 11.0 Å². The van der Waals surface area contributed by atoms with Crippen LogP contribution in [0.25, 0.3) is 0 Å². The second-order valence-corrected chi connectivity index (χ2v) is 5.70. The highest BCUT2D eigenvalue weighted by atomic mass is 15.2. The number of fused-ring (bicyclic) bond motifs is 2. The van der Waals surface area contributed by atoms with Crippen molar-refractivity contribution in [2.45, 2.75) is 45.4 Å². The third-order valence-electron chi connectivity index (χ3n) is 3.20. The van der Waals surface area contributed by atoms with Gasteiger partial charge in [-0.3, -0.25) is 0 Å². The molecule has 0 saturated heterocycles. The summed E-state index contributed by atoms with van der Waals surface area (Å²) in [6.45, 7) is -2.20. The molecular weight excluding hydrogens is 242 g/mol. The molecule has 20 heavy (non-hydrogen) atoms. The average Bonchev–Trinajstić information content (AvgIpc) is 2.68. The fraction of sp³-hybridized carbons (Fsp3) is 0.368. The van der Waals surface area contributed by atoms with Crippen molar-refractivity contribution in [3.05, 3.63) is 59.5 Å². The van der Waals surface area contributed by atoms with Crippen molar-refractivity contribution in [3.63, 3.8) is 0 Å². The second kappa shape index (κ2) is 4.12. The van der Waals surface area contributed by atoms with Gasteiger partial charge in [-0.05, 0) is 44.0 Å². The fourth-order valence-electron chi connectivity index (χ4n) is 2.40. The highest BCUT2D eigenvalue weighted by molar-refractivity contribution is 5.78. The lowest BCUT2D eigenvalue weighted by Gasteiger charge is -2.47. The van der Waals surface area contributed by atoms with Gasteiger partial charge >= 0.3 is 0 Å². The Hall–Kier alpha value is -1.76. The van der Waals surface area contributed by atoms with E-state index in [1.165, 1.54) is 4.90 Å². The summed E-state index contributed by atoms with van der Waals surface area (Å²) in [6, 6.07) is -6.35. The van der Waals surface area contributed by atoms with Gasteiger partial charge in [0.25, 0.3) is 0 Å². The summed E-state index contributed by atoms with van der Waals surface area (Å²) in [6.07, 6.45) is 0. The van der Waals surface area contributed by atoms with Crippen molar-refractivity contribution in [1.29, 1.82) is 0 Å². The van der Waals surface area contributed by atoms with Crippen molar-refractivity contribution < 1.29 is 19.2 Å². The molecule has 1 nitrogen and oxygen atoms in total. The van der Waals surface area contributed by atoms with Crippen molar-refractivity contribution >= 4 is 11.4 Å². The summed E-state index contributed by atoms with van der Waals surface area (Å²) in [5.41, 5.74) is -6.65. The Morgan fingerprint density at radius 1 is 0.900 bits per heavy atom. The smallest absolute Gasteiger partial charge is 0.0645 e. The van der Waals surface area contributed by atoms with Crippen molar-refractivity contribution in [1.82, 2.24) is 0 Å². The highest BCUT2D eigenvalue weighted by Crippen LogP contribution is 2.50. The minimum absolute atomic E-state index is 0.441. The Morgan fingerprint density at radius 3 is 1.75 bits per heavy atom. The lowest BCUT2D eigenvalue weighted by atomic mass is 9.73. The van der Waals surface area contributed by atoms with Gasteiger partial charge in [0.1, 0.15) is 0 Å². The number of nitrogens with zero attached hydrogens (tertiary/aromatic N) is 1. The molecule has 0 aromatic heterocycles. The molecule has 104 valence electrons. The first-order valence-electron chi connectivity index (χ1n) is 13.2. The van der Waals surface area contributed by atoms with Crippen LogP contribution in [0, 0.1) is 0 Å². The molecule has 0 aliphatic carbocycles. The molecule has 0 atom stereocenters. The zero-order valence-electron chi connectivity index (χ0n) is 25.4. The van der Waals surface area contributed by atoms with Gasteiger partial charge in [-0.15, -0.1) is 0 Å². The molecule has 0 amide bonds. The van der Waals surface area contributed by atoms with E-state index in [9.17, 15) is 0 Å². The zero-order valence-corrected chi connectivity index (χ0v) is 11.4. The molecule has 0 fully saturated rings. The summed E-state index contributed by atoms with van der Waals surface area (Å²) >= 11 is 0. The Bertz CT molecular complexity index is 1110. The van der Waals surface area contributed by atoms with E-state index in [2.05, 4.69) is 0 Å². The van der Waals surface area contributed by atoms with Crippen molar-refractivity contribution in [3.8, 4) is 0 Å². The van der Waals surface area contributed by atoms with Crippen LogP contribution in [-0.2, 0) is 5.41 Å². The van der Waals surface area contributed by atoms with Crippen LogP contribution < -0.4 is 4.90 Å². The van der Waals surface area contributed by atoms with E-state index in [0.29, 0.717) is 0 Å². The lowest BCUT2D eigenvalue weighted by Crippen LogP contribution is -2.43. The van der Waals surface area contributed by atoms with Gasteiger partial charge in [0, 0.05) is 30.6 Å². The van der Waals surface area contributed by atoms with E-state index in [0.717, 1.165) is 0 Å². The number of anilines is 2. The molecular formula is C19H23N. The first-order valence-corrected chi connectivity index (χ1v) is 6.17. The van der Waals surface area contributed by atoms with Crippen LogP contribution in [-0.4, -0.2) is 5.54 Å². The van der Waals surface area contributed by atoms with Crippen LogP contribution in [0.2, 0.25) is 0 Å². The molecule has 0 saturated carbocycles. The number of hydrogen-bond acceptors (Lipinski definition) is 1. The van der Waals surface area contributed by atoms with Gasteiger partial charge in [0.15, 0.2) is 0 Å². The molecule has 0 radical (unpaired) electrons. The molecule has 1 heterocycles. The lowest BCUT2D eigenvalue weighted by molar-refractivity contribution is 0.530. The van der Waals surface area contributed by atoms with E-state index in [4.69, 9.17) is 19.2 Å². The molecule has 0 bridgehead atoms. The molecule has 0 unspecified atom stereocenters. The van der Waals surface area contributed by atoms with Gasteiger partial charge in [0.2, 0.25) is 0 Å². The number of hydrogen-bond donors (Lipinski definition) is 0. The van der Waals surface area contributed by atoms with Crippen LogP contribution in [0.15, 0.2) is 48.3 Å². The maximum atomic E-state index is 8.58. The van der Waals surface area contributed by atoms with Crippen LogP contribution in [0.1, 0.15) is 64.8 Å². The molecule has 0 N–H and O–H groups in total. The monoisotopic (exact) mass is 279 g/mol. The second-order valence-electron chi connectivity index (χ2n) is 5.70. The quantitative estimate of drug-likeness (QED) is 0.635. The predicted molar refractivity (Wildman–Crippen MR) is 86.9 cm³/mol. The van der Waals surface area contributed by atoms with Crippen LogP contribution in [0.5, 0.6) is 0 Å². The number of rotatable bonds is 0. The third kappa shape index (κ3) is 1.76. The third-order valence-corrected chi connectivity index (χ3v) is 3.20. The topological polar surface area (TPSA) is 3.24 Å². The van der Waals surface area contributed by atoms with E-state index < -0.39 is 95.5 Å². The standard InChI is InChI=1S/C19H23N/c1-18(2,3)20-16-12-8-6-10-14(16)19(4,5)15-11-7-9-13-17(15)20/h6-13H,1-5H3/i4D3,5D3,6D,7D,8D,9D,10D,11D,12D,13D. The minimum Gasteiger partial charge on any atom is -0.336 e. The Morgan fingerprint density at radius 2 is 1.35 bits per heavy atom. The van der Waals surface area contributed by atoms with Gasteiger partial charge in [-0.2, -0.15) is 0 Å². The van der Waals surface area contributed by atoms with E-state index in [-0.39, 0.29) is 0 Å². The summed E-state index contributed by atoms with van der Waals surface area (Å²) in [5.74, 6) is 0. The van der Waals surface area contributed by atoms with Crippen molar-refractivity contribution in [2.75, 3.05) is 4.90 Å². The molecule has 2 aromatic rings. The van der Waals surface area contributed by atoms with Gasteiger partial charge in [-0.1, -0.05) is 50.0 Å². The molecule has 1 aliphatic rings. The molecule has 1 heteroatoms. The first kappa shape index (κ1) is 4.62. The molecule has 0 spiro atoms. The SMILES string of the molecule is [2H]c1c([2H])c([2H])c2c(c1[2H])N(C(C)(C)C)c1c([2H])c([2H])c([2H])c([2H])c1C2(C([2H])([2H])[2H])C([2H])([2H])[2H]. The summed E-state index contributed by atoms with van der Waals surface area (Å²) in [4.78, 5) is 1.20. The molecule has 2 aromatic carbocycles. The summed E-state index contributed by atoms with van der Waals surface area (Å²) < 4.78 is 117. The van der Waals surface area contributed by atoms with E-state index in [1.54, 1.807) is 20.8 Å². The highest BCUT2D eigenvalue weighted by Gasteiger charge is 2.39. The van der Waals surface area contributed by atoms with Crippen LogP contribution >= 0.6 is 0 Å². The first-order chi connectivity index (χ1) is 15.2. The van der Waals surface area contributed by atoms with E-state index >= 15 is 0 Å². The maximum absolute atomic E-state index is 8.58. The van der Waals surface area contributed by atoms with Gasteiger partial charge in [-0.25, -0.2) is 0 Å². The number of para-hydroxylation sites is 2. The predicted octanol–water partition coefficient (Wildman–Crippen LogP) is 5.26. The fourth-order valence-corrected chi connectivity index (χ4v) is 2.40. The molecule has 1 aliphatic heterocycles. The Balaban J connectivity index is 2.90. The van der Waals surface area contributed by atoms with Crippen molar-refractivity contribution in [2.24, 2.45) is 0 Å². The largest absolute Gasteiger partial charge is 0.336 e. The van der Waals surface area contributed by atoms with Crippen LogP contribution in [0.3, 0.4) is 0 Å². The normalized spacial score (nSPS) is 27.9. The molecule has 3 rings (SSSR count). The average molecular weight is 279 g/mol.